The number of nitrogens with one attached hydrogen (secondary N) is 1. The normalized spacial score (nSPS) is 11.4. The van der Waals surface area contributed by atoms with Gasteiger partial charge < -0.3 is 0 Å². The van der Waals surface area contributed by atoms with Gasteiger partial charge in [0.15, 0.2) is 22.9 Å². The minimum atomic E-state index is 0.665. The Morgan fingerprint density at radius 2 is 1.68 bits per heavy atom. The Morgan fingerprint density at radius 1 is 0.880 bits per heavy atom. The molecule has 0 aliphatic rings. The number of halogens is 1. The zero-order chi connectivity index (χ0) is 16.8. The fourth-order valence-corrected chi connectivity index (χ4v) is 2.94. The largest absolute Gasteiger partial charge is 0.273 e. The standard InChI is InChI=1S/C18H11ClN6/c19-13-8-6-12(7-9-13)17-22-23-18-14-10-20-15(11-4-2-1-3-5-11)21-16(14)24-25(17)18/h1-10H,(H,20,21,24). The van der Waals surface area contributed by atoms with Crippen molar-refractivity contribution in [2.45, 2.75) is 0 Å². The molecule has 25 heavy (non-hydrogen) atoms. The molecule has 0 saturated carbocycles. The lowest BCUT2D eigenvalue weighted by molar-refractivity contribution is 0.973. The molecule has 0 spiro atoms. The van der Waals surface area contributed by atoms with Crippen LogP contribution in [0.2, 0.25) is 5.02 Å². The Bertz CT molecular complexity index is 1190. The number of benzene rings is 2. The summed E-state index contributed by atoms with van der Waals surface area (Å²) in [6.07, 6.45) is 1.77. The quantitative estimate of drug-likeness (QED) is 0.524. The maximum absolute atomic E-state index is 5.96. The highest BCUT2D eigenvalue weighted by Gasteiger charge is 2.15. The molecule has 0 atom stereocenters. The second-order valence-electron chi connectivity index (χ2n) is 5.62. The number of hydrogen-bond acceptors (Lipinski definition) is 4. The molecule has 1 N–H and O–H groups in total. The molecular weight excluding hydrogens is 336 g/mol. The highest BCUT2D eigenvalue weighted by atomic mass is 35.5. The van der Waals surface area contributed by atoms with Crippen LogP contribution in [0.1, 0.15) is 0 Å². The van der Waals surface area contributed by atoms with Crippen LogP contribution < -0.4 is 0 Å². The summed E-state index contributed by atoms with van der Waals surface area (Å²) in [7, 11) is 0. The highest BCUT2D eigenvalue weighted by molar-refractivity contribution is 6.30. The van der Waals surface area contributed by atoms with E-state index in [1.165, 1.54) is 0 Å². The van der Waals surface area contributed by atoms with Crippen LogP contribution in [0.15, 0.2) is 60.8 Å². The lowest BCUT2D eigenvalue weighted by Crippen LogP contribution is -1.91. The summed E-state index contributed by atoms with van der Waals surface area (Å²) in [5, 5.41) is 13.3. The fourth-order valence-electron chi connectivity index (χ4n) is 2.81. The summed E-state index contributed by atoms with van der Waals surface area (Å²) in [5.74, 6) is 1.37. The van der Waals surface area contributed by atoms with E-state index < -0.39 is 0 Å². The van der Waals surface area contributed by atoms with Crippen LogP contribution >= 0.6 is 11.6 Å². The minimum Gasteiger partial charge on any atom is -0.273 e. The van der Waals surface area contributed by atoms with Crippen LogP contribution in [0.25, 0.3) is 39.5 Å². The number of H-pyrrole nitrogens is 1. The lowest BCUT2D eigenvalue weighted by atomic mass is 10.2. The van der Waals surface area contributed by atoms with Crippen molar-refractivity contribution in [3.63, 3.8) is 0 Å². The van der Waals surface area contributed by atoms with Gasteiger partial charge in [0.2, 0.25) is 0 Å². The van der Waals surface area contributed by atoms with Gasteiger partial charge >= 0.3 is 0 Å². The summed E-state index contributed by atoms with van der Waals surface area (Å²) in [6, 6.07) is 17.3. The summed E-state index contributed by atoms with van der Waals surface area (Å²) in [6.45, 7) is 0. The van der Waals surface area contributed by atoms with Crippen LogP contribution in [-0.2, 0) is 0 Å². The van der Waals surface area contributed by atoms with Gasteiger partial charge in [0, 0.05) is 22.3 Å². The maximum atomic E-state index is 5.96. The summed E-state index contributed by atoms with van der Waals surface area (Å²) in [5.41, 5.74) is 3.29. The first kappa shape index (κ1) is 14.1. The Kier molecular flexibility index (Phi) is 3.05. The summed E-state index contributed by atoms with van der Waals surface area (Å²) < 4.78 is 1.82. The van der Waals surface area contributed by atoms with Crippen molar-refractivity contribution >= 4 is 28.3 Å². The first-order valence-electron chi connectivity index (χ1n) is 7.71. The van der Waals surface area contributed by atoms with Gasteiger partial charge in [-0.2, -0.15) is 0 Å². The Balaban J connectivity index is 1.69. The van der Waals surface area contributed by atoms with E-state index in [-0.39, 0.29) is 0 Å². The van der Waals surface area contributed by atoms with Crippen molar-refractivity contribution in [1.29, 1.82) is 0 Å². The second-order valence-corrected chi connectivity index (χ2v) is 6.06. The van der Waals surface area contributed by atoms with Crippen LogP contribution in [0.3, 0.4) is 0 Å². The van der Waals surface area contributed by atoms with Gasteiger partial charge in [-0.25, -0.2) is 14.5 Å². The molecule has 120 valence electrons. The number of aromatic amines is 1. The molecule has 2 aromatic carbocycles. The molecule has 0 amide bonds. The van der Waals surface area contributed by atoms with E-state index in [0.29, 0.717) is 28.0 Å². The minimum absolute atomic E-state index is 0.665. The monoisotopic (exact) mass is 346 g/mol. The van der Waals surface area contributed by atoms with E-state index in [0.717, 1.165) is 16.5 Å². The van der Waals surface area contributed by atoms with Gasteiger partial charge in [0.05, 0.1) is 5.39 Å². The van der Waals surface area contributed by atoms with Crippen molar-refractivity contribution in [3.05, 3.63) is 65.8 Å². The van der Waals surface area contributed by atoms with E-state index in [9.17, 15) is 0 Å². The van der Waals surface area contributed by atoms with Crippen molar-refractivity contribution in [2.24, 2.45) is 0 Å². The molecule has 7 heteroatoms. The first-order chi connectivity index (χ1) is 12.3. The van der Waals surface area contributed by atoms with E-state index in [1.807, 2.05) is 59.1 Å². The summed E-state index contributed by atoms with van der Waals surface area (Å²) in [4.78, 5) is 9.09. The fraction of sp³-hybridized carbons (Fsp3) is 0. The van der Waals surface area contributed by atoms with Crippen LogP contribution in [-0.4, -0.2) is 29.8 Å². The molecule has 0 unspecified atom stereocenters. The molecule has 5 rings (SSSR count). The third-order valence-corrected chi connectivity index (χ3v) is 4.30. The molecule has 0 aliphatic carbocycles. The Hall–Kier alpha value is -3.25. The van der Waals surface area contributed by atoms with Crippen molar-refractivity contribution < 1.29 is 0 Å². The van der Waals surface area contributed by atoms with E-state index in [1.54, 1.807) is 6.20 Å². The molecular formula is C18H11ClN6. The van der Waals surface area contributed by atoms with Crippen molar-refractivity contribution in [2.75, 3.05) is 0 Å². The first-order valence-corrected chi connectivity index (χ1v) is 8.08. The average Bonchev–Trinajstić information content (AvgIpc) is 3.22. The smallest absolute Gasteiger partial charge is 0.188 e. The molecule has 0 fully saturated rings. The van der Waals surface area contributed by atoms with Gasteiger partial charge in [0.25, 0.3) is 0 Å². The van der Waals surface area contributed by atoms with E-state index in [2.05, 4.69) is 25.3 Å². The summed E-state index contributed by atoms with van der Waals surface area (Å²) >= 11 is 5.96. The van der Waals surface area contributed by atoms with Gasteiger partial charge in [-0.05, 0) is 24.3 Å². The predicted octanol–water partition coefficient (Wildman–Crippen LogP) is 3.99. The Labute approximate surface area is 147 Å². The number of aromatic nitrogens is 6. The van der Waals surface area contributed by atoms with Gasteiger partial charge in [-0.1, -0.05) is 41.9 Å². The van der Waals surface area contributed by atoms with Crippen LogP contribution in [0.4, 0.5) is 0 Å². The third kappa shape index (κ3) is 2.27. The number of rotatable bonds is 2. The van der Waals surface area contributed by atoms with Crippen LogP contribution in [0, 0.1) is 0 Å². The zero-order valence-corrected chi connectivity index (χ0v) is 13.6. The zero-order valence-electron chi connectivity index (χ0n) is 12.9. The average molecular weight is 347 g/mol. The van der Waals surface area contributed by atoms with Gasteiger partial charge in [-0.3, -0.25) is 5.10 Å². The molecule has 3 aromatic heterocycles. The van der Waals surface area contributed by atoms with Crippen molar-refractivity contribution in [1.82, 2.24) is 29.8 Å². The van der Waals surface area contributed by atoms with E-state index in [4.69, 9.17) is 11.6 Å². The van der Waals surface area contributed by atoms with Gasteiger partial charge in [0.1, 0.15) is 0 Å². The Morgan fingerprint density at radius 3 is 2.48 bits per heavy atom. The lowest BCUT2D eigenvalue weighted by Gasteiger charge is -1.99. The SMILES string of the molecule is Clc1ccc(-c2nnc3c4cnc(-c5ccccc5)nc4[nH]n23)cc1. The molecule has 6 nitrogen and oxygen atoms in total. The molecule has 0 aliphatic heterocycles. The van der Waals surface area contributed by atoms with E-state index >= 15 is 0 Å². The number of hydrogen-bond donors (Lipinski definition) is 1. The van der Waals surface area contributed by atoms with Crippen LogP contribution in [0.5, 0.6) is 0 Å². The molecule has 0 saturated heterocycles. The second kappa shape index (κ2) is 5.39. The molecule has 0 bridgehead atoms. The van der Waals surface area contributed by atoms with Gasteiger partial charge in [-0.15, -0.1) is 10.2 Å². The molecule has 5 aromatic rings. The van der Waals surface area contributed by atoms with Crippen molar-refractivity contribution in [3.8, 4) is 22.8 Å². The third-order valence-electron chi connectivity index (χ3n) is 4.04. The molecule has 3 heterocycles. The highest BCUT2D eigenvalue weighted by Crippen LogP contribution is 2.25. The predicted molar refractivity (Wildman–Crippen MR) is 96.3 cm³/mol. The maximum Gasteiger partial charge on any atom is 0.188 e. The molecule has 0 radical (unpaired) electrons. The topological polar surface area (TPSA) is 71.8 Å². The number of nitrogens with zero attached hydrogens (tertiary/aromatic N) is 5. The number of fused-ring (bicyclic) bond motifs is 3.